The molecule has 1 aromatic heterocycles. The smallest absolute Gasteiger partial charge is 0.397 e. The summed E-state index contributed by atoms with van der Waals surface area (Å²) in [5.41, 5.74) is 0.188. The number of thioether (sulfide) groups is 1. The lowest BCUT2D eigenvalue weighted by Gasteiger charge is -2.02. The zero-order valence-corrected chi connectivity index (χ0v) is 9.84. The molecule has 0 saturated heterocycles. The Balaban J connectivity index is 2.63. The van der Waals surface area contributed by atoms with Gasteiger partial charge in [0.25, 0.3) is 0 Å². The van der Waals surface area contributed by atoms with E-state index in [1.807, 2.05) is 25.3 Å². The molecular formula is C11H11NO3S. The van der Waals surface area contributed by atoms with Gasteiger partial charge in [-0.1, -0.05) is 0 Å². The molecule has 5 heteroatoms. The molecule has 0 bridgehead atoms. The lowest BCUT2D eigenvalue weighted by atomic mass is 10.2. The van der Waals surface area contributed by atoms with Gasteiger partial charge in [-0.2, -0.15) is 4.98 Å². The van der Waals surface area contributed by atoms with Crippen LogP contribution in [0.3, 0.4) is 0 Å². The number of ether oxygens (including phenoxy) is 1. The van der Waals surface area contributed by atoms with E-state index in [9.17, 15) is 4.79 Å². The summed E-state index contributed by atoms with van der Waals surface area (Å²) in [5.74, 6) is 0. The third-order valence-electron chi connectivity index (χ3n) is 2.08. The van der Waals surface area contributed by atoms with E-state index in [0.29, 0.717) is 17.5 Å². The predicted octanol–water partition coefficient (Wildman–Crippen LogP) is 2.31. The first-order valence-electron chi connectivity index (χ1n) is 4.86. The maximum atomic E-state index is 11.6. The number of fused-ring (bicyclic) bond motifs is 1. The molecule has 0 fully saturated rings. The van der Waals surface area contributed by atoms with Crippen molar-refractivity contribution in [1.29, 1.82) is 0 Å². The fraction of sp³-hybridized carbons (Fsp3) is 0.273. The molecule has 0 aliphatic carbocycles. The van der Waals surface area contributed by atoms with Gasteiger partial charge in [0.2, 0.25) is 0 Å². The first kappa shape index (κ1) is 11.0. The van der Waals surface area contributed by atoms with Crippen LogP contribution in [0.5, 0.6) is 6.08 Å². The molecule has 4 nitrogen and oxygen atoms in total. The molecule has 0 N–H and O–H groups in total. The van der Waals surface area contributed by atoms with Crippen molar-refractivity contribution >= 4 is 22.7 Å². The third kappa shape index (κ3) is 2.04. The van der Waals surface area contributed by atoms with Crippen LogP contribution in [0.25, 0.3) is 10.9 Å². The van der Waals surface area contributed by atoms with Gasteiger partial charge in [0.15, 0.2) is 0 Å². The van der Waals surface area contributed by atoms with E-state index < -0.39 is 5.63 Å². The highest BCUT2D eigenvalue weighted by molar-refractivity contribution is 7.98. The van der Waals surface area contributed by atoms with Gasteiger partial charge in [0, 0.05) is 4.90 Å². The van der Waals surface area contributed by atoms with E-state index in [2.05, 4.69) is 4.98 Å². The Kier molecular flexibility index (Phi) is 3.14. The average molecular weight is 237 g/mol. The summed E-state index contributed by atoms with van der Waals surface area (Å²) >= 11 is 1.60. The number of aromatic nitrogens is 1. The van der Waals surface area contributed by atoms with Crippen LogP contribution in [-0.2, 0) is 0 Å². The lowest BCUT2D eigenvalue weighted by Crippen LogP contribution is -2.04. The summed E-state index contributed by atoms with van der Waals surface area (Å²) in [6.45, 7) is 2.23. The van der Waals surface area contributed by atoms with Gasteiger partial charge < -0.3 is 9.15 Å². The van der Waals surface area contributed by atoms with Crippen LogP contribution in [0.2, 0.25) is 0 Å². The highest BCUT2D eigenvalue weighted by atomic mass is 32.2. The van der Waals surface area contributed by atoms with Crippen LogP contribution < -0.4 is 10.4 Å². The van der Waals surface area contributed by atoms with Crippen molar-refractivity contribution in [2.75, 3.05) is 12.9 Å². The van der Waals surface area contributed by atoms with E-state index in [0.717, 1.165) is 4.90 Å². The van der Waals surface area contributed by atoms with Gasteiger partial charge in [0.1, 0.15) is 0 Å². The Morgan fingerprint density at radius 2 is 2.31 bits per heavy atom. The van der Waals surface area contributed by atoms with Gasteiger partial charge in [-0.3, -0.25) is 0 Å². The highest BCUT2D eigenvalue weighted by Gasteiger charge is 2.07. The maximum Gasteiger partial charge on any atom is 0.397 e. The number of hydrogen-bond acceptors (Lipinski definition) is 5. The van der Waals surface area contributed by atoms with Crippen molar-refractivity contribution < 1.29 is 9.15 Å². The highest BCUT2D eigenvalue weighted by Crippen LogP contribution is 2.20. The van der Waals surface area contributed by atoms with Crippen molar-refractivity contribution in [2.24, 2.45) is 0 Å². The second-order valence-electron chi connectivity index (χ2n) is 3.08. The number of rotatable bonds is 3. The molecule has 84 valence electrons. The fourth-order valence-electron chi connectivity index (χ4n) is 1.34. The van der Waals surface area contributed by atoms with Crippen LogP contribution in [-0.4, -0.2) is 17.8 Å². The van der Waals surface area contributed by atoms with Crippen LogP contribution in [0.4, 0.5) is 0 Å². The topological polar surface area (TPSA) is 52.3 Å². The van der Waals surface area contributed by atoms with Crippen LogP contribution >= 0.6 is 11.8 Å². The average Bonchev–Trinajstić information content (AvgIpc) is 2.28. The second-order valence-corrected chi connectivity index (χ2v) is 3.96. The summed E-state index contributed by atoms with van der Waals surface area (Å²) in [5, 5.41) is 0.473. The van der Waals surface area contributed by atoms with Crippen molar-refractivity contribution in [2.45, 2.75) is 11.8 Å². The van der Waals surface area contributed by atoms with Gasteiger partial charge in [-0.05, 0) is 31.4 Å². The molecule has 2 aromatic rings. The predicted molar refractivity (Wildman–Crippen MR) is 63.2 cm³/mol. The summed E-state index contributed by atoms with van der Waals surface area (Å²) in [7, 11) is 0. The zero-order valence-electron chi connectivity index (χ0n) is 9.02. The molecular weight excluding hydrogens is 226 g/mol. The SMILES string of the molecule is CCOc1nc2cc(SC)ccc2c(=O)o1. The van der Waals surface area contributed by atoms with E-state index in [1.165, 1.54) is 0 Å². The molecule has 0 spiro atoms. The largest absolute Gasteiger partial charge is 0.450 e. The van der Waals surface area contributed by atoms with Crippen LogP contribution in [0, 0.1) is 0 Å². The monoisotopic (exact) mass is 237 g/mol. The van der Waals surface area contributed by atoms with Gasteiger partial charge in [-0.25, -0.2) is 4.79 Å². The molecule has 2 rings (SSSR count). The fourth-order valence-corrected chi connectivity index (χ4v) is 1.78. The van der Waals surface area contributed by atoms with Gasteiger partial charge in [0.05, 0.1) is 17.5 Å². The van der Waals surface area contributed by atoms with Crippen LogP contribution in [0.15, 0.2) is 32.3 Å². The van der Waals surface area contributed by atoms with E-state index in [-0.39, 0.29) is 6.08 Å². The summed E-state index contributed by atoms with van der Waals surface area (Å²) in [4.78, 5) is 16.8. The number of nitrogens with zero attached hydrogens (tertiary/aromatic N) is 1. The minimum atomic E-state index is -0.416. The first-order valence-corrected chi connectivity index (χ1v) is 6.08. The normalized spacial score (nSPS) is 10.6. The minimum absolute atomic E-state index is 0.0262. The molecule has 0 atom stereocenters. The van der Waals surface area contributed by atoms with E-state index in [4.69, 9.17) is 9.15 Å². The molecule has 1 aromatic carbocycles. The molecule has 0 unspecified atom stereocenters. The lowest BCUT2D eigenvalue weighted by molar-refractivity contribution is 0.229. The molecule has 0 aliphatic rings. The molecule has 0 aliphatic heterocycles. The Bertz CT molecular complexity index is 565. The summed E-state index contributed by atoms with van der Waals surface area (Å²) in [6.07, 6.45) is 1.99. The van der Waals surface area contributed by atoms with Crippen molar-refractivity contribution in [3.05, 3.63) is 28.6 Å². The Morgan fingerprint density at radius 3 is 3.00 bits per heavy atom. The van der Waals surface area contributed by atoms with Crippen molar-refractivity contribution in [3.63, 3.8) is 0 Å². The maximum absolute atomic E-state index is 11.6. The zero-order chi connectivity index (χ0) is 11.5. The van der Waals surface area contributed by atoms with Crippen LogP contribution in [0.1, 0.15) is 6.92 Å². The quantitative estimate of drug-likeness (QED) is 0.767. The second kappa shape index (κ2) is 4.57. The number of benzene rings is 1. The Labute approximate surface area is 96.6 Å². The van der Waals surface area contributed by atoms with E-state index in [1.54, 1.807) is 17.8 Å². The molecule has 0 amide bonds. The summed E-state index contributed by atoms with van der Waals surface area (Å²) in [6, 6.07) is 5.43. The molecule has 0 saturated carbocycles. The molecule has 1 heterocycles. The number of hydrogen-bond donors (Lipinski definition) is 0. The Hall–Kier alpha value is -1.49. The van der Waals surface area contributed by atoms with Gasteiger partial charge in [-0.15, -0.1) is 11.8 Å². The van der Waals surface area contributed by atoms with Crippen molar-refractivity contribution in [3.8, 4) is 6.08 Å². The molecule has 16 heavy (non-hydrogen) atoms. The third-order valence-corrected chi connectivity index (χ3v) is 2.81. The minimum Gasteiger partial charge on any atom is -0.450 e. The standard InChI is InChI=1S/C11H11NO3S/c1-3-14-11-12-9-6-7(16-2)4-5-8(9)10(13)15-11/h4-6H,3H2,1-2H3. The van der Waals surface area contributed by atoms with Gasteiger partial charge >= 0.3 is 11.7 Å². The van der Waals surface area contributed by atoms with E-state index >= 15 is 0 Å². The summed E-state index contributed by atoms with van der Waals surface area (Å²) < 4.78 is 9.99. The van der Waals surface area contributed by atoms with Crippen molar-refractivity contribution in [1.82, 2.24) is 4.98 Å². The first-order chi connectivity index (χ1) is 7.74. The Morgan fingerprint density at radius 1 is 1.50 bits per heavy atom. The molecule has 0 radical (unpaired) electrons.